The first kappa shape index (κ1) is 12.4. The minimum Gasteiger partial charge on any atom is -0.438 e. The second-order valence-corrected chi connectivity index (χ2v) is 4.83. The molecule has 0 bridgehead atoms. The predicted molar refractivity (Wildman–Crippen MR) is 79.9 cm³/mol. The van der Waals surface area contributed by atoms with E-state index in [4.69, 9.17) is 10.5 Å². The first-order valence-electron chi connectivity index (χ1n) is 6.40. The number of para-hydroxylation sites is 1. The monoisotopic (exact) mass is 265 g/mol. The van der Waals surface area contributed by atoms with Gasteiger partial charge in [0.1, 0.15) is 5.75 Å². The van der Waals surface area contributed by atoms with E-state index >= 15 is 0 Å². The number of nitrogens with zero attached hydrogens (tertiary/aromatic N) is 2. The molecule has 0 radical (unpaired) electrons. The normalized spacial score (nSPS) is 10.7. The SMILES string of the molecule is Cc1cc(C)cc(Oc2nc(N)nc3ccccc23)c1. The molecule has 0 aliphatic heterocycles. The van der Waals surface area contributed by atoms with E-state index in [0.717, 1.165) is 27.8 Å². The molecule has 3 aromatic rings. The number of ether oxygens (including phenoxy) is 1. The Morgan fingerprint density at radius 1 is 0.950 bits per heavy atom. The van der Waals surface area contributed by atoms with Crippen LogP contribution in [0.5, 0.6) is 11.6 Å². The van der Waals surface area contributed by atoms with Crippen LogP contribution in [0.25, 0.3) is 10.9 Å². The summed E-state index contributed by atoms with van der Waals surface area (Å²) < 4.78 is 5.90. The highest BCUT2D eigenvalue weighted by atomic mass is 16.5. The first-order chi connectivity index (χ1) is 9.61. The largest absolute Gasteiger partial charge is 0.438 e. The van der Waals surface area contributed by atoms with E-state index < -0.39 is 0 Å². The number of anilines is 1. The van der Waals surface area contributed by atoms with Crippen molar-refractivity contribution >= 4 is 16.9 Å². The zero-order chi connectivity index (χ0) is 14.1. The molecule has 0 aliphatic carbocycles. The van der Waals surface area contributed by atoms with Gasteiger partial charge in [-0.25, -0.2) is 4.98 Å². The van der Waals surface area contributed by atoms with Crippen molar-refractivity contribution in [2.24, 2.45) is 0 Å². The van der Waals surface area contributed by atoms with E-state index in [-0.39, 0.29) is 5.95 Å². The predicted octanol–water partition coefficient (Wildman–Crippen LogP) is 3.62. The van der Waals surface area contributed by atoms with Crippen molar-refractivity contribution in [1.82, 2.24) is 9.97 Å². The van der Waals surface area contributed by atoms with Gasteiger partial charge in [-0.05, 0) is 49.2 Å². The van der Waals surface area contributed by atoms with Crippen LogP contribution in [-0.2, 0) is 0 Å². The van der Waals surface area contributed by atoms with Crippen molar-refractivity contribution in [3.05, 3.63) is 53.6 Å². The highest BCUT2D eigenvalue weighted by Gasteiger charge is 2.08. The summed E-state index contributed by atoms with van der Waals surface area (Å²) in [5.74, 6) is 1.45. The lowest BCUT2D eigenvalue weighted by Gasteiger charge is -2.09. The van der Waals surface area contributed by atoms with Crippen LogP contribution in [0, 0.1) is 13.8 Å². The number of fused-ring (bicyclic) bond motifs is 1. The van der Waals surface area contributed by atoms with Gasteiger partial charge in [-0.3, -0.25) is 0 Å². The molecule has 3 rings (SSSR count). The Morgan fingerprint density at radius 2 is 1.65 bits per heavy atom. The molecule has 0 amide bonds. The van der Waals surface area contributed by atoms with E-state index in [9.17, 15) is 0 Å². The van der Waals surface area contributed by atoms with Gasteiger partial charge >= 0.3 is 0 Å². The molecule has 0 saturated carbocycles. The molecule has 0 fully saturated rings. The zero-order valence-electron chi connectivity index (χ0n) is 11.4. The van der Waals surface area contributed by atoms with Crippen LogP contribution < -0.4 is 10.5 Å². The standard InChI is InChI=1S/C16H15N3O/c1-10-7-11(2)9-12(8-10)20-15-13-5-3-4-6-14(13)18-16(17)19-15/h3-9H,1-2H3,(H2,17,18,19). The number of nitrogens with two attached hydrogens (primary N) is 1. The fourth-order valence-corrected chi connectivity index (χ4v) is 2.25. The van der Waals surface area contributed by atoms with E-state index in [0.29, 0.717) is 5.88 Å². The highest BCUT2D eigenvalue weighted by Crippen LogP contribution is 2.28. The minimum absolute atomic E-state index is 0.211. The molecule has 0 aliphatic rings. The summed E-state index contributed by atoms with van der Waals surface area (Å²) in [5.41, 5.74) is 8.80. The third kappa shape index (κ3) is 2.40. The topological polar surface area (TPSA) is 61.0 Å². The number of nitrogen functional groups attached to an aromatic ring is 1. The van der Waals surface area contributed by atoms with Crippen LogP contribution >= 0.6 is 0 Å². The summed E-state index contributed by atoms with van der Waals surface area (Å²) in [4.78, 5) is 8.40. The summed E-state index contributed by atoms with van der Waals surface area (Å²) in [6, 6.07) is 13.7. The number of hydrogen-bond donors (Lipinski definition) is 1. The van der Waals surface area contributed by atoms with Gasteiger partial charge in [0.25, 0.3) is 0 Å². The summed E-state index contributed by atoms with van der Waals surface area (Å²) in [6.07, 6.45) is 0. The molecular formula is C16H15N3O. The number of rotatable bonds is 2. The summed E-state index contributed by atoms with van der Waals surface area (Å²) in [5, 5.41) is 0.848. The molecule has 4 nitrogen and oxygen atoms in total. The van der Waals surface area contributed by atoms with Gasteiger partial charge in [-0.15, -0.1) is 0 Å². The van der Waals surface area contributed by atoms with Crippen molar-refractivity contribution in [1.29, 1.82) is 0 Å². The fraction of sp³-hybridized carbons (Fsp3) is 0.125. The number of hydrogen-bond acceptors (Lipinski definition) is 4. The average molecular weight is 265 g/mol. The Labute approximate surface area is 117 Å². The molecule has 0 atom stereocenters. The molecule has 0 unspecified atom stereocenters. The van der Waals surface area contributed by atoms with E-state index in [1.165, 1.54) is 0 Å². The van der Waals surface area contributed by atoms with Crippen LogP contribution in [0.4, 0.5) is 5.95 Å². The van der Waals surface area contributed by atoms with Crippen LogP contribution in [-0.4, -0.2) is 9.97 Å². The van der Waals surface area contributed by atoms with Crippen molar-refractivity contribution in [2.45, 2.75) is 13.8 Å². The highest BCUT2D eigenvalue weighted by molar-refractivity contribution is 5.84. The van der Waals surface area contributed by atoms with Gasteiger partial charge in [-0.1, -0.05) is 18.2 Å². The number of aryl methyl sites for hydroxylation is 2. The maximum atomic E-state index is 5.90. The van der Waals surface area contributed by atoms with Crippen LogP contribution in [0.1, 0.15) is 11.1 Å². The lowest BCUT2D eigenvalue weighted by molar-refractivity contribution is 0.468. The Kier molecular flexibility index (Phi) is 2.99. The van der Waals surface area contributed by atoms with Crippen molar-refractivity contribution in [2.75, 3.05) is 5.73 Å². The Bertz CT molecular complexity index is 764. The molecule has 100 valence electrons. The van der Waals surface area contributed by atoms with E-state index in [1.807, 2.05) is 50.2 Å². The summed E-state index contributed by atoms with van der Waals surface area (Å²) in [6.45, 7) is 4.07. The molecule has 0 saturated heterocycles. The molecule has 4 heteroatoms. The van der Waals surface area contributed by atoms with Gasteiger partial charge in [-0.2, -0.15) is 4.98 Å². The van der Waals surface area contributed by atoms with Crippen LogP contribution in [0.2, 0.25) is 0 Å². The van der Waals surface area contributed by atoms with Crippen molar-refractivity contribution in [3.8, 4) is 11.6 Å². The molecule has 2 N–H and O–H groups in total. The fourth-order valence-electron chi connectivity index (χ4n) is 2.25. The van der Waals surface area contributed by atoms with E-state index in [1.54, 1.807) is 0 Å². The number of benzene rings is 2. The van der Waals surface area contributed by atoms with Gasteiger partial charge < -0.3 is 10.5 Å². The average Bonchev–Trinajstić information content (AvgIpc) is 2.37. The Morgan fingerprint density at radius 3 is 2.40 bits per heavy atom. The molecule has 1 aromatic heterocycles. The Balaban J connectivity index is 2.10. The third-order valence-corrected chi connectivity index (χ3v) is 3.00. The minimum atomic E-state index is 0.211. The van der Waals surface area contributed by atoms with Crippen LogP contribution in [0.3, 0.4) is 0 Å². The molecule has 0 spiro atoms. The maximum absolute atomic E-state index is 5.90. The first-order valence-corrected chi connectivity index (χ1v) is 6.40. The maximum Gasteiger partial charge on any atom is 0.231 e. The van der Waals surface area contributed by atoms with Gasteiger partial charge in [0.05, 0.1) is 10.9 Å². The molecule has 2 aromatic carbocycles. The molecule has 20 heavy (non-hydrogen) atoms. The number of aromatic nitrogens is 2. The lowest BCUT2D eigenvalue weighted by Crippen LogP contribution is -1.98. The molecule has 1 heterocycles. The van der Waals surface area contributed by atoms with Crippen molar-refractivity contribution < 1.29 is 4.74 Å². The smallest absolute Gasteiger partial charge is 0.231 e. The second-order valence-electron chi connectivity index (χ2n) is 4.83. The van der Waals surface area contributed by atoms with Gasteiger partial charge in [0.2, 0.25) is 11.8 Å². The van der Waals surface area contributed by atoms with Gasteiger partial charge in [0.15, 0.2) is 0 Å². The lowest BCUT2D eigenvalue weighted by atomic mass is 10.1. The zero-order valence-corrected chi connectivity index (χ0v) is 11.4. The van der Waals surface area contributed by atoms with Crippen LogP contribution in [0.15, 0.2) is 42.5 Å². The quantitative estimate of drug-likeness (QED) is 0.768. The summed E-state index contributed by atoms with van der Waals surface area (Å²) in [7, 11) is 0. The molecular weight excluding hydrogens is 250 g/mol. The summed E-state index contributed by atoms with van der Waals surface area (Å²) >= 11 is 0. The van der Waals surface area contributed by atoms with E-state index in [2.05, 4.69) is 16.0 Å². The van der Waals surface area contributed by atoms with Crippen molar-refractivity contribution in [3.63, 3.8) is 0 Å². The van der Waals surface area contributed by atoms with Gasteiger partial charge in [0, 0.05) is 0 Å². The third-order valence-electron chi connectivity index (χ3n) is 3.00. The Hall–Kier alpha value is -2.62. The second kappa shape index (κ2) is 4.81.